The van der Waals surface area contributed by atoms with Crippen molar-refractivity contribution >= 4 is 5.52 Å². The average molecular weight is 269 g/mol. The standard InChI is InChI=1S/C13H14F3N3/c14-13(15,16)10-2-1-5-19-11(10)8-18-12(19)6-9-3-4-17-7-9/h1-2,5,8-9,17H,3-4,6-7H2. The van der Waals surface area contributed by atoms with Crippen LogP contribution in [0.2, 0.25) is 0 Å². The van der Waals surface area contributed by atoms with Gasteiger partial charge in [-0.2, -0.15) is 13.2 Å². The quantitative estimate of drug-likeness (QED) is 0.907. The highest BCUT2D eigenvalue weighted by Gasteiger charge is 2.33. The number of pyridine rings is 1. The first-order valence-corrected chi connectivity index (χ1v) is 6.28. The maximum absolute atomic E-state index is 12.9. The number of hydrogen-bond donors (Lipinski definition) is 1. The number of rotatable bonds is 2. The van der Waals surface area contributed by atoms with Crippen LogP contribution in [0.5, 0.6) is 0 Å². The Morgan fingerprint density at radius 1 is 1.42 bits per heavy atom. The smallest absolute Gasteiger partial charge is 0.316 e. The number of nitrogens with zero attached hydrogens (tertiary/aromatic N) is 2. The van der Waals surface area contributed by atoms with Crippen molar-refractivity contribution in [3.05, 3.63) is 35.9 Å². The molecule has 1 N–H and O–H groups in total. The second-order valence-corrected chi connectivity index (χ2v) is 4.91. The van der Waals surface area contributed by atoms with Crippen LogP contribution in [-0.4, -0.2) is 22.5 Å². The van der Waals surface area contributed by atoms with Crippen LogP contribution in [0.1, 0.15) is 17.8 Å². The summed E-state index contributed by atoms with van der Waals surface area (Å²) in [7, 11) is 0. The van der Waals surface area contributed by atoms with Crippen LogP contribution >= 0.6 is 0 Å². The number of aromatic nitrogens is 2. The molecule has 3 rings (SSSR count). The van der Waals surface area contributed by atoms with Crippen molar-refractivity contribution in [1.29, 1.82) is 0 Å². The third-order valence-corrected chi connectivity index (χ3v) is 3.59. The number of nitrogens with one attached hydrogen (secondary N) is 1. The van der Waals surface area contributed by atoms with Gasteiger partial charge in [-0.3, -0.25) is 0 Å². The first kappa shape index (κ1) is 12.5. The fourth-order valence-corrected chi connectivity index (χ4v) is 2.61. The SMILES string of the molecule is FC(F)(F)c1cccn2c(CC3CCNC3)ncc12. The zero-order valence-electron chi connectivity index (χ0n) is 10.2. The van der Waals surface area contributed by atoms with Gasteiger partial charge in [0, 0.05) is 12.6 Å². The summed E-state index contributed by atoms with van der Waals surface area (Å²) in [6.07, 6.45) is 0.390. The molecule has 2 aromatic rings. The number of imidazole rings is 1. The molecule has 2 aromatic heterocycles. The Morgan fingerprint density at radius 3 is 2.95 bits per heavy atom. The van der Waals surface area contributed by atoms with Crippen molar-refractivity contribution in [3.63, 3.8) is 0 Å². The lowest BCUT2D eigenvalue weighted by atomic mass is 10.0. The lowest BCUT2D eigenvalue weighted by molar-refractivity contribution is -0.136. The molecule has 102 valence electrons. The maximum Gasteiger partial charge on any atom is 0.418 e. The van der Waals surface area contributed by atoms with E-state index in [9.17, 15) is 13.2 Å². The molecular formula is C13H14F3N3. The molecule has 0 aliphatic carbocycles. The van der Waals surface area contributed by atoms with Gasteiger partial charge in [0.05, 0.1) is 17.3 Å². The second kappa shape index (κ2) is 4.52. The van der Waals surface area contributed by atoms with E-state index in [1.54, 1.807) is 10.6 Å². The highest BCUT2D eigenvalue weighted by Crippen LogP contribution is 2.32. The zero-order valence-corrected chi connectivity index (χ0v) is 10.2. The normalized spacial score (nSPS) is 20.3. The van der Waals surface area contributed by atoms with E-state index in [0.29, 0.717) is 18.2 Å². The molecule has 0 radical (unpaired) electrons. The van der Waals surface area contributed by atoms with Crippen LogP contribution in [0.25, 0.3) is 5.52 Å². The van der Waals surface area contributed by atoms with Gasteiger partial charge in [-0.1, -0.05) is 0 Å². The Labute approximate surface area is 108 Å². The molecule has 19 heavy (non-hydrogen) atoms. The van der Waals surface area contributed by atoms with E-state index in [1.807, 2.05) is 0 Å². The van der Waals surface area contributed by atoms with Crippen LogP contribution in [0.15, 0.2) is 24.5 Å². The van der Waals surface area contributed by atoms with Gasteiger partial charge < -0.3 is 9.72 Å². The van der Waals surface area contributed by atoms with Crippen LogP contribution in [0, 0.1) is 5.92 Å². The fourth-order valence-electron chi connectivity index (χ4n) is 2.61. The highest BCUT2D eigenvalue weighted by atomic mass is 19.4. The van der Waals surface area contributed by atoms with Gasteiger partial charge in [-0.25, -0.2) is 4.98 Å². The van der Waals surface area contributed by atoms with Gasteiger partial charge in [0.1, 0.15) is 5.82 Å². The molecule has 0 saturated carbocycles. The summed E-state index contributed by atoms with van der Waals surface area (Å²) < 4.78 is 40.2. The molecule has 6 heteroatoms. The molecule has 1 aliphatic rings. The monoisotopic (exact) mass is 269 g/mol. The zero-order chi connectivity index (χ0) is 13.5. The third kappa shape index (κ3) is 2.32. The number of fused-ring (bicyclic) bond motifs is 1. The van der Waals surface area contributed by atoms with E-state index >= 15 is 0 Å². The van der Waals surface area contributed by atoms with E-state index in [0.717, 1.165) is 25.6 Å². The Kier molecular flexibility index (Phi) is 2.97. The molecule has 0 spiro atoms. The minimum atomic E-state index is -4.34. The number of halogens is 3. The summed E-state index contributed by atoms with van der Waals surface area (Å²) in [5.41, 5.74) is -0.491. The summed E-state index contributed by atoms with van der Waals surface area (Å²) in [6.45, 7) is 1.88. The van der Waals surface area contributed by atoms with Crippen molar-refractivity contribution in [2.75, 3.05) is 13.1 Å². The van der Waals surface area contributed by atoms with Crippen LogP contribution in [0.4, 0.5) is 13.2 Å². The summed E-state index contributed by atoms with van der Waals surface area (Å²) in [6, 6.07) is 2.52. The number of hydrogen-bond acceptors (Lipinski definition) is 2. The Hall–Kier alpha value is -1.56. The molecular weight excluding hydrogens is 255 g/mol. The van der Waals surface area contributed by atoms with Crippen LogP contribution in [0.3, 0.4) is 0 Å². The maximum atomic E-state index is 12.9. The average Bonchev–Trinajstić information content (AvgIpc) is 2.98. The highest BCUT2D eigenvalue weighted by molar-refractivity contribution is 5.55. The van der Waals surface area contributed by atoms with Crippen LogP contribution < -0.4 is 5.32 Å². The topological polar surface area (TPSA) is 29.3 Å². The fraction of sp³-hybridized carbons (Fsp3) is 0.462. The van der Waals surface area contributed by atoms with E-state index in [1.165, 1.54) is 12.3 Å². The van der Waals surface area contributed by atoms with Gasteiger partial charge in [-0.15, -0.1) is 0 Å². The summed E-state index contributed by atoms with van der Waals surface area (Å²) in [4.78, 5) is 4.17. The Balaban J connectivity index is 1.99. The minimum Gasteiger partial charge on any atom is -0.316 e. The van der Waals surface area contributed by atoms with Crippen molar-refractivity contribution in [3.8, 4) is 0 Å². The predicted octanol–water partition coefficient (Wildman–Crippen LogP) is 2.51. The van der Waals surface area contributed by atoms with E-state index in [-0.39, 0.29) is 5.52 Å². The molecule has 0 bridgehead atoms. The molecule has 3 nitrogen and oxygen atoms in total. The van der Waals surface area contributed by atoms with Gasteiger partial charge in [0.25, 0.3) is 0 Å². The predicted molar refractivity (Wildman–Crippen MR) is 64.9 cm³/mol. The van der Waals surface area contributed by atoms with Gasteiger partial charge in [-0.05, 0) is 37.6 Å². The van der Waals surface area contributed by atoms with Crippen molar-refractivity contribution < 1.29 is 13.2 Å². The molecule has 0 amide bonds. The van der Waals surface area contributed by atoms with Crippen molar-refractivity contribution in [2.45, 2.75) is 19.0 Å². The third-order valence-electron chi connectivity index (χ3n) is 3.59. The lowest BCUT2D eigenvalue weighted by Crippen LogP contribution is -2.12. The van der Waals surface area contributed by atoms with Gasteiger partial charge in [0.2, 0.25) is 0 Å². The molecule has 1 aliphatic heterocycles. The first-order chi connectivity index (χ1) is 9.05. The Bertz CT molecular complexity index is 582. The Morgan fingerprint density at radius 2 is 2.26 bits per heavy atom. The molecule has 1 fully saturated rings. The lowest BCUT2D eigenvalue weighted by Gasteiger charge is -2.10. The molecule has 0 aromatic carbocycles. The van der Waals surface area contributed by atoms with Crippen molar-refractivity contribution in [2.24, 2.45) is 5.92 Å². The van der Waals surface area contributed by atoms with Crippen LogP contribution in [-0.2, 0) is 12.6 Å². The molecule has 1 atom stereocenters. The number of alkyl halides is 3. The summed E-state index contributed by atoms with van der Waals surface area (Å²) >= 11 is 0. The van der Waals surface area contributed by atoms with Gasteiger partial charge >= 0.3 is 6.18 Å². The molecule has 1 saturated heterocycles. The van der Waals surface area contributed by atoms with Gasteiger partial charge in [0.15, 0.2) is 0 Å². The summed E-state index contributed by atoms with van der Waals surface area (Å²) in [5, 5.41) is 3.25. The second-order valence-electron chi connectivity index (χ2n) is 4.91. The summed E-state index contributed by atoms with van der Waals surface area (Å²) in [5.74, 6) is 1.16. The molecule has 3 heterocycles. The van der Waals surface area contributed by atoms with E-state index in [2.05, 4.69) is 10.3 Å². The molecule has 1 unspecified atom stereocenters. The van der Waals surface area contributed by atoms with E-state index in [4.69, 9.17) is 0 Å². The van der Waals surface area contributed by atoms with Crippen molar-refractivity contribution in [1.82, 2.24) is 14.7 Å². The first-order valence-electron chi connectivity index (χ1n) is 6.28. The largest absolute Gasteiger partial charge is 0.418 e. The van der Waals surface area contributed by atoms with E-state index < -0.39 is 11.7 Å². The minimum absolute atomic E-state index is 0.135.